The van der Waals surface area contributed by atoms with E-state index in [0.29, 0.717) is 11.5 Å². The van der Waals surface area contributed by atoms with Crippen molar-refractivity contribution < 1.29 is 25.8 Å². The first-order valence-corrected chi connectivity index (χ1v) is 12.4. The van der Waals surface area contributed by atoms with Crippen molar-refractivity contribution in [2.75, 3.05) is 0 Å². The van der Waals surface area contributed by atoms with E-state index < -0.39 is 0 Å². The topological polar surface area (TPSA) is 35.0 Å². The molecule has 6 aromatic rings. The molecule has 166 valence electrons. The van der Waals surface area contributed by atoms with Crippen molar-refractivity contribution in [3.8, 4) is 32.9 Å². The fourth-order valence-corrected chi connectivity index (χ4v) is 5.95. The Morgan fingerprint density at radius 2 is 1.47 bits per heavy atom. The summed E-state index contributed by atoms with van der Waals surface area (Å²) >= 11 is 0.177. The van der Waals surface area contributed by atoms with Gasteiger partial charge in [0.15, 0.2) is 0 Å². The van der Waals surface area contributed by atoms with Crippen LogP contribution in [0.2, 0.25) is 0 Å². The molecule has 3 nitrogen and oxygen atoms in total. The predicted molar refractivity (Wildman–Crippen MR) is 134 cm³/mol. The molecule has 0 amide bonds. The molecule has 6 rings (SSSR count). The minimum absolute atomic E-state index is 0. The van der Waals surface area contributed by atoms with Gasteiger partial charge in [-0.1, -0.05) is 6.07 Å². The molecule has 0 bridgehead atoms. The summed E-state index contributed by atoms with van der Waals surface area (Å²) in [6.45, 7) is 2.12. The zero-order chi connectivity index (χ0) is 22.2. The third-order valence-electron chi connectivity index (χ3n) is 5.56. The number of pyridine rings is 1. The van der Waals surface area contributed by atoms with Crippen LogP contribution in [0.1, 0.15) is 5.56 Å². The van der Waals surface area contributed by atoms with Crippen LogP contribution in [0.25, 0.3) is 41.9 Å². The largest absolute Gasteiger partial charge is 2.00 e. The molecule has 0 aliphatic rings. The van der Waals surface area contributed by atoms with Crippen molar-refractivity contribution >= 4 is 35.1 Å². The minimum atomic E-state index is 0. The Morgan fingerprint density at radius 1 is 0.735 bits per heavy atom. The number of aryl methyl sites for hydroxylation is 1. The zero-order valence-corrected chi connectivity index (χ0v) is 22.2. The second kappa shape index (κ2) is 9.68. The molecule has 0 saturated heterocycles. The van der Waals surface area contributed by atoms with Gasteiger partial charge in [-0.2, -0.15) is 0 Å². The Hall–Kier alpha value is -3.03. The van der Waals surface area contributed by atoms with E-state index in [4.69, 9.17) is 9.72 Å². The SMILES string of the molecule is Cc1cccc2c(-c3[c-]c(Oc4[c-]c(-c5nc6ccccc6[se]5)ccc4)ccc3)nccc12.[Pt+2]. The van der Waals surface area contributed by atoms with Crippen LogP contribution in [-0.2, 0) is 21.1 Å². The van der Waals surface area contributed by atoms with Gasteiger partial charge in [0.05, 0.1) is 0 Å². The number of nitrogens with zero attached hydrogens (tertiary/aromatic N) is 2. The number of hydrogen-bond donors (Lipinski definition) is 0. The second-order valence-electron chi connectivity index (χ2n) is 7.78. The van der Waals surface area contributed by atoms with Crippen molar-refractivity contribution in [2.24, 2.45) is 0 Å². The third-order valence-corrected chi connectivity index (χ3v) is 7.80. The van der Waals surface area contributed by atoms with E-state index in [2.05, 4.69) is 66.5 Å². The Kier molecular flexibility index (Phi) is 6.48. The maximum absolute atomic E-state index is 6.17. The smallest absolute Gasteiger partial charge is 2.00 e. The summed E-state index contributed by atoms with van der Waals surface area (Å²) in [5, 5.41) is 2.31. The van der Waals surface area contributed by atoms with E-state index in [0.717, 1.165) is 32.3 Å². The maximum Gasteiger partial charge on any atom is 2.00 e. The molecule has 0 spiro atoms. The molecule has 34 heavy (non-hydrogen) atoms. The summed E-state index contributed by atoms with van der Waals surface area (Å²) in [6.07, 6.45) is 1.85. The van der Waals surface area contributed by atoms with Gasteiger partial charge in [-0.15, -0.1) is 0 Å². The molecule has 0 unspecified atom stereocenters. The van der Waals surface area contributed by atoms with Crippen LogP contribution in [0.3, 0.4) is 0 Å². The van der Waals surface area contributed by atoms with Crippen LogP contribution in [-0.4, -0.2) is 24.5 Å². The minimum Gasteiger partial charge on any atom is 2.00 e. The van der Waals surface area contributed by atoms with Gasteiger partial charge in [0.2, 0.25) is 0 Å². The van der Waals surface area contributed by atoms with Crippen LogP contribution >= 0.6 is 0 Å². The molecule has 0 aliphatic carbocycles. The van der Waals surface area contributed by atoms with Gasteiger partial charge >= 0.3 is 206 Å². The summed E-state index contributed by atoms with van der Waals surface area (Å²) in [6, 6.07) is 35.3. The second-order valence-corrected chi connectivity index (χ2v) is 9.94. The summed E-state index contributed by atoms with van der Waals surface area (Å²) in [5.41, 5.74) is 5.07. The molecular weight excluding hydrogens is 666 g/mol. The molecular formula is C29H18N2OPtSe. The first-order valence-electron chi connectivity index (χ1n) is 10.7. The van der Waals surface area contributed by atoms with Crippen LogP contribution in [0.5, 0.6) is 11.5 Å². The van der Waals surface area contributed by atoms with E-state index in [1.165, 1.54) is 15.2 Å². The molecule has 4 aromatic carbocycles. The Bertz CT molecular complexity index is 1590. The number of para-hydroxylation sites is 1. The molecule has 5 heteroatoms. The summed E-state index contributed by atoms with van der Waals surface area (Å²) in [5.74, 6) is 1.28. The fourth-order valence-electron chi connectivity index (χ4n) is 3.96. The number of rotatable bonds is 4. The van der Waals surface area contributed by atoms with Gasteiger partial charge in [0.1, 0.15) is 0 Å². The van der Waals surface area contributed by atoms with Gasteiger partial charge < -0.3 is 0 Å². The average molecular weight is 685 g/mol. The first kappa shape index (κ1) is 22.7. The fraction of sp³-hybridized carbons (Fsp3) is 0.0345. The average Bonchev–Trinajstić information content (AvgIpc) is 3.29. The van der Waals surface area contributed by atoms with E-state index in [1.807, 2.05) is 48.7 Å². The van der Waals surface area contributed by atoms with Gasteiger partial charge in [-0.05, 0) is 6.92 Å². The van der Waals surface area contributed by atoms with E-state index in [9.17, 15) is 0 Å². The van der Waals surface area contributed by atoms with Gasteiger partial charge in [-0.3, -0.25) is 0 Å². The Morgan fingerprint density at radius 3 is 2.29 bits per heavy atom. The van der Waals surface area contributed by atoms with E-state index >= 15 is 0 Å². The number of benzene rings is 4. The number of ether oxygens (including phenoxy) is 1. The van der Waals surface area contributed by atoms with E-state index in [-0.39, 0.29) is 35.6 Å². The molecule has 0 atom stereocenters. The Labute approximate surface area is 218 Å². The third kappa shape index (κ3) is 4.37. The van der Waals surface area contributed by atoms with Gasteiger partial charge in [0, 0.05) is 0 Å². The van der Waals surface area contributed by atoms with Crippen molar-refractivity contribution in [3.05, 3.63) is 109 Å². The number of aromatic nitrogens is 2. The van der Waals surface area contributed by atoms with Crippen LogP contribution in [0.15, 0.2) is 91.1 Å². The molecule has 0 radical (unpaired) electrons. The monoisotopic (exact) mass is 685 g/mol. The molecule has 0 aliphatic heterocycles. The summed E-state index contributed by atoms with van der Waals surface area (Å²) < 4.78 is 8.54. The summed E-state index contributed by atoms with van der Waals surface area (Å²) in [7, 11) is 0. The van der Waals surface area contributed by atoms with Gasteiger partial charge in [0.25, 0.3) is 0 Å². The van der Waals surface area contributed by atoms with Crippen LogP contribution in [0, 0.1) is 19.1 Å². The van der Waals surface area contributed by atoms with Crippen LogP contribution < -0.4 is 4.74 Å². The normalized spacial score (nSPS) is 10.9. The molecule has 2 aromatic heterocycles. The standard InChI is InChI=1S/C29H18N2OSe.Pt/c1-19-7-4-12-25-24(19)15-16-30-28(25)20-8-5-10-22(17-20)32-23-11-6-9-21(18-23)29-31-26-13-2-3-14-27(26)33-29;/h2-16H,1H3;/q-2;+2. The molecule has 0 fully saturated rings. The molecule has 0 saturated carbocycles. The predicted octanol–water partition coefficient (Wildman–Crippen LogP) is 6.87. The van der Waals surface area contributed by atoms with Crippen molar-refractivity contribution in [1.29, 1.82) is 0 Å². The summed E-state index contributed by atoms with van der Waals surface area (Å²) in [4.78, 5) is 9.45. The Balaban J connectivity index is 0.00000241. The van der Waals surface area contributed by atoms with Crippen LogP contribution in [0.4, 0.5) is 0 Å². The van der Waals surface area contributed by atoms with Crippen molar-refractivity contribution in [1.82, 2.24) is 9.97 Å². The number of fused-ring (bicyclic) bond motifs is 2. The van der Waals surface area contributed by atoms with Crippen molar-refractivity contribution in [2.45, 2.75) is 6.92 Å². The molecule has 0 N–H and O–H groups in total. The maximum atomic E-state index is 6.17. The van der Waals surface area contributed by atoms with Gasteiger partial charge in [-0.25, -0.2) is 0 Å². The van der Waals surface area contributed by atoms with Crippen molar-refractivity contribution in [3.63, 3.8) is 0 Å². The van der Waals surface area contributed by atoms with E-state index in [1.54, 1.807) is 0 Å². The number of hydrogen-bond acceptors (Lipinski definition) is 3. The first-order chi connectivity index (χ1) is 16.2. The zero-order valence-electron chi connectivity index (χ0n) is 18.2. The molecule has 2 heterocycles. The quantitative estimate of drug-likeness (QED) is 0.150.